The lowest BCUT2D eigenvalue weighted by atomic mass is 9.92. The lowest BCUT2D eigenvalue weighted by Crippen LogP contribution is -2.33. The van der Waals surface area contributed by atoms with Gasteiger partial charge < -0.3 is 9.90 Å². The molecule has 0 amide bonds. The first-order valence-corrected chi connectivity index (χ1v) is 8.46. The molecular formula is C16H18O5S. The maximum atomic E-state index is 11.5. The molecule has 0 bridgehead atoms. The second-order valence-corrected chi connectivity index (χ2v) is 6.84. The highest BCUT2D eigenvalue weighted by molar-refractivity contribution is 7.86. The third-order valence-electron chi connectivity index (χ3n) is 3.78. The van der Waals surface area contributed by atoms with Crippen LogP contribution < -0.4 is 0 Å². The lowest BCUT2D eigenvalue weighted by Gasteiger charge is -2.20. The molecule has 2 rings (SSSR count). The van der Waals surface area contributed by atoms with Crippen LogP contribution in [0.3, 0.4) is 0 Å². The van der Waals surface area contributed by atoms with E-state index in [1.54, 1.807) is 0 Å². The Morgan fingerprint density at radius 2 is 1.77 bits per heavy atom. The van der Waals surface area contributed by atoms with E-state index >= 15 is 0 Å². The monoisotopic (exact) mass is 322 g/mol. The summed E-state index contributed by atoms with van der Waals surface area (Å²) in [5.74, 6) is -0.909. The molecule has 2 atom stereocenters. The molecule has 2 N–H and O–H groups in total. The molecule has 118 valence electrons. The van der Waals surface area contributed by atoms with E-state index < -0.39 is 27.9 Å². The van der Waals surface area contributed by atoms with Crippen molar-refractivity contribution in [3.8, 4) is 0 Å². The number of hydrogen-bond donors (Lipinski definition) is 2. The SMILES string of the molecule is O=CC(Cc1cccc2ccccc12)C(CCO)S(=O)(=O)O. The Hall–Kier alpha value is -1.76. The summed E-state index contributed by atoms with van der Waals surface area (Å²) < 4.78 is 32.2. The van der Waals surface area contributed by atoms with Crippen molar-refractivity contribution in [1.29, 1.82) is 0 Å². The van der Waals surface area contributed by atoms with E-state index in [2.05, 4.69) is 0 Å². The van der Waals surface area contributed by atoms with Crippen LogP contribution in [0.15, 0.2) is 42.5 Å². The van der Waals surface area contributed by atoms with Crippen molar-refractivity contribution < 1.29 is 22.9 Å². The summed E-state index contributed by atoms with van der Waals surface area (Å²) in [6.07, 6.45) is 0.554. The smallest absolute Gasteiger partial charge is 0.268 e. The summed E-state index contributed by atoms with van der Waals surface area (Å²) in [5, 5.41) is 9.63. The Morgan fingerprint density at radius 3 is 2.41 bits per heavy atom. The largest absolute Gasteiger partial charge is 0.396 e. The maximum Gasteiger partial charge on any atom is 0.268 e. The number of carbonyl (C=O) groups is 1. The van der Waals surface area contributed by atoms with Crippen molar-refractivity contribution >= 4 is 27.2 Å². The lowest BCUT2D eigenvalue weighted by molar-refractivity contribution is -0.111. The topological polar surface area (TPSA) is 91.7 Å². The predicted molar refractivity (Wildman–Crippen MR) is 84.2 cm³/mol. The Kier molecular flexibility index (Phi) is 5.28. The van der Waals surface area contributed by atoms with Gasteiger partial charge in [-0.1, -0.05) is 42.5 Å². The van der Waals surface area contributed by atoms with Crippen LogP contribution in [-0.2, 0) is 21.3 Å². The van der Waals surface area contributed by atoms with E-state index in [0.717, 1.165) is 16.3 Å². The fraction of sp³-hybridized carbons (Fsp3) is 0.312. The van der Waals surface area contributed by atoms with Gasteiger partial charge in [0.05, 0.1) is 5.25 Å². The van der Waals surface area contributed by atoms with Gasteiger partial charge in [-0.3, -0.25) is 4.55 Å². The zero-order chi connectivity index (χ0) is 16.2. The number of benzene rings is 2. The number of fused-ring (bicyclic) bond motifs is 1. The van der Waals surface area contributed by atoms with Gasteiger partial charge in [0.1, 0.15) is 6.29 Å². The van der Waals surface area contributed by atoms with Gasteiger partial charge in [0, 0.05) is 12.5 Å². The first-order valence-electron chi connectivity index (χ1n) is 6.96. The number of rotatable bonds is 7. The van der Waals surface area contributed by atoms with Crippen LogP contribution in [0.1, 0.15) is 12.0 Å². The van der Waals surface area contributed by atoms with Gasteiger partial charge in [-0.2, -0.15) is 8.42 Å². The third kappa shape index (κ3) is 3.71. The molecule has 0 radical (unpaired) electrons. The van der Waals surface area contributed by atoms with Crippen molar-refractivity contribution in [2.24, 2.45) is 5.92 Å². The highest BCUT2D eigenvalue weighted by Gasteiger charge is 2.32. The first-order chi connectivity index (χ1) is 10.5. The van der Waals surface area contributed by atoms with E-state index in [1.165, 1.54) is 0 Å². The van der Waals surface area contributed by atoms with Gasteiger partial charge in [0.15, 0.2) is 0 Å². The fourth-order valence-corrected chi connectivity index (χ4v) is 3.71. The van der Waals surface area contributed by atoms with Crippen molar-refractivity contribution in [2.45, 2.75) is 18.1 Å². The Labute approximate surface area is 129 Å². The molecule has 0 aliphatic carbocycles. The maximum absolute atomic E-state index is 11.5. The molecule has 0 aromatic heterocycles. The molecular weight excluding hydrogens is 304 g/mol. The minimum absolute atomic E-state index is 0.174. The number of aliphatic hydroxyl groups excluding tert-OH is 1. The Morgan fingerprint density at radius 1 is 1.09 bits per heavy atom. The second kappa shape index (κ2) is 7.00. The summed E-state index contributed by atoms with van der Waals surface area (Å²) in [6.45, 7) is -0.412. The summed E-state index contributed by atoms with van der Waals surface area (Å²) >= 11 is 0. The Bertz CT molecular complexity index is 749. The van der Waals surface area contributed by atoms with Crippen molar-refractivity contribution in [2.75, 3.05) is 6.61 Å². The predicted octanol–water partition coefficient (Wildman–Crippen LogP) is 1.84. The van der Waals surface area contributed by atoms with Gasteiger partial charge in [0.25, 0.3) is 10.1 Å². The van der Waals surface area contributed by atoms with Crippen LogP contribution in [0.4, 0.5) is 0 Å². The molecule has 2 aromatic rings. The normalized spacial score (nSPS) is 14.6. The van der Waals surface area contributed by atoms with Crippen molar-refractivity contribution in [3.05, 3.63) is 48.0 Å². The van der Waals surface area contributed by atoms with E-state index in [9.17, 15) is 17.8 Å². The van der Waals surface area contributed by atoms with Gasteiger partial charge in [-0.05, 0) is 29.2 Å². The molecule has 6 heteroatoms. The fourth-order valence-electron chi connectivity index (χ4n) is 2.70. The van der Waals surface area contributed by atoms with Gasteiger partial charge >= 0.3 is 0 Å². The van der Waals surface area contributed by atoms with E-state index in [0.29, 0.717) is 6.29 Å². The number of carbonyl (C=O) groups excluding carboxylic acids is 1. The zero-order valence-electron chi connectivity index (χ0n) is 11.9. The molecule has 0 fully saturated rings. The molecule has 0 saturated heterocycles. The zero-order valence-corrected chi connectivity index (χ0v) is 12.7. The minimum atomic E-state index is -4.40. The highest BCUT2D eigenvalue weighted by atomic mass is 32.2. The molecule has 0 spiro atoms. The summed E-state index contributed by atoms with van der Waals surface area (Å²) in [7, 11) is -4.40. The molecule has 0 heterocycles. The van der Waals surface area contributed by atoms with Gasteiger partial charge in [0.2, 0.25) is 0 Å². The van der Waals surface area contributed by atoms with Crippen LogP contribution >= 0.6 is 0 Å². The summed E-state index contributed by atoms with van der Waals surface area (Å²) in [5.41, 5.74) is 0.835. The number of aldehydes is 1. The standard InChI is InChI=1S/C16H18O5S/c17-9-8-16(22(19,20)21)14(11-18)10-13-6-3-5-12-4-1-2-7-15(12)13/h1-7,11,14,16-17H,8-10H2,(H,19,20,21). The quantitative estimate of drug-likeness (QED) is 0.599. The number of hydrogen-bond acceptors (Lipinski definition) is 4. The van der Waals surface area contributed by atoms with Crippen LogP contribution in [-0.4, -0.2) is 36.2 Å². The average molecular weight is 322 g/mol. The molecule has 0 aliphatic rings. The number of aliphatic hydroxyl groups is 1. The second-order valence-electron chi connectivity index (χ2n) is 5.21. The molecule has 2 unspecified atom stereocenters. The average Bonchev–Trinajstić information content (AvgIpc) is 2.50. The summed E-state index contributed by atoms with van der Waals surface area (Å²) in [6, 6.07) is 13.2. The highest BCUT2D eigenvalue weighted by Crippen LogP contribution is 2.24. The van der Waals surface area contributed by atoms with Gasteiger partial charge in [-0.15, -0.1) is 0 Å². The molecule has 0 saturated carbocycles. The third-order valence-corrected chi connectivity index (χ3v) is 5.13. The molecule has 0 aliphatic heterocycles. The van der Waals surface area contributed by atoms with Crippen molar-refractivity contribution in [1.82, 2.24) is 0 Å². The van der Waals surface area contributed by atoms with Crippen LogP contribution in [0.2, 0.25) is 0 Å². The van der Waals surface area contributed by atoms with Crippen LogP contribution in [0.5, 0.6) is 0 Å². The van der Waals surface area contributed by atoms with Crippen LogP contribution in [0.25, 0.3) is 10.8 Å². The van der Waals surface area contributed by atoms with Crippen molar-refractivity contribution in [3.63, 3.8) is 0 Å². The van der Waals surface area contributed by atoms with E-state index in [4.69, 9.17) is 5.11 Å². The molecule has 2 aromatic carbocycles. The molecule has 5 nitrogen and oxygen atoms in total. The first kappa shape index (κ1) is 16.6. The summed E-state index contributed by atoms with van der Waals surface area (Å²) in [4.78, 5) is 11.4. The van der Waals surface area contributed by atoms with E-state index in [1.807, 2.05) is 42.5 Å². The van der Waals surface area contributed by atoms with Crippen LogP contribution in [0, 0.1) is 5.92 Å². The molecule has 22 heavy (non-hydrogen) atoms. The van der Waals surface area contributed by atoms with E-state index in [-0.39, 0.29) is 12.8 Å². The minimum Gasteiger partial charge on any atom is -0.396 e. The van der Waals surface area contributed by atoms with Gasteiger partial charge in [-0.25, -0.2) is 0 Å². The Balaban J connectivity index is 2.38.